The second-order valence-electron chi connectivity index (χ2n) is 3.64. The smallest absolute Gasteiger partial charge is 0.341 e. The van der Waals surface area contributed by atoms with Crippen molar-refractivity contribution in [2.75, 3.05) is 0 Å². The van der Waals surface area contributed by atoms with E-state index in [9.17, 15) is 18.0 Å². The summed E-state index contributed by atoms with van der Waals surface area (Å²) >= 11 is 1.27. The van der Waals surface area contributed by atoms with Gasteiger partial charge in [0, 0.05) is 0 Å². The first-order valence-corrected chi connectivity index (χ1v) is 5.61. The van der Waals surface area contributed by atoms with Gasteiger partial charge in [0.05, 0.1) is 12.6 Å². The van der Waals surface area contributed by atoms with E-state index in [0.29, 0.717) is 23.4 Å². The second-order valence-corrected chi connectivity index (χ2v) is 4.75. The SMILES string of the molecule is [C-]#[N+]c1cc2c(s1)CCC2NC(=O)C(F)(F)F. The maximum atomic E-state index is 12.1. The van der Waals surface area contributed by atoms with Crippen LogP contribution in [0.25, 0.3) is 4.85 Å². The van der Waals surface area contributed by atoms with Crippen molar-refractivity contribution in [1.29, 1.82) is 0 Å². The standard InChI is InChI=1S/C10H7F3N2OS/c1-14-8-4-5-6(2-3-7(5)17-8)15-9(16)10(11,12)13/h4,6H,2-3H2,(H,15,16). The highest BCUT2D eigenvalue weighted by Gasteiger charge is 2.41. The third-order valence-electron chi connectivity index (χ3n) is 2.54. The van der Waals surface area contributed by atoms with Crippen molar-refractivity contribution in [2.24, 2.45) is 0 Å². The Morgan fingerprint density at radius 3 is 2.88 bits per heavy atom. The molecule has 1 aliphatic carbocycles. The van der Waals surface area contributed by atoms with Crippen LogP contribution in [0.15, 0.2) is 6.07 Å². The van der Waals surface area contributed by atoms with E-state index in [1.54, 1.807) is 6.07 Å². The van der Waals surface area contributed by atoms with E-state index in [1.807, 2.05) is 5.32 Å². The minimum atomic E-state index is -4.86. The van der Waals surface area contributed by atoms with Crippen LogP contribution < -0.4 is 5.32 Å². The molecule has 0 saturated carbocycles. The molecule has 0 bridgehead atoms. The number of hydrogen-bond acceptors (Lipinski definition) is 2. The molecule has 1 atom stereocenters. The topological polar surface area (TPSA) is 33.5 Å². The summed E-state index contributed by atoms with van der Waals surface area (Å²) < 4.78 is 36.3. The molecule has 3 nitrogen and oxygen atoms in total. The van der Waals surface area contributed by atoms with E-state index in [1.165, 1.54) is 11.3 Å². The number of alkyl halides is 3. The van der Waals surface area contributed by atoms with E-state index in [4.69, 9.17) is 6.57 Å². The molecule has 90 valence electrons. The van der Waals surface area contributed by atoms with E-state index in [0.717, 1.165) is 4.88 Å². The highest BCUT2D eigenvalue weighted by Crippen LogP contribution is 2.41. The van der Waals surface area contributed by atoms with Gasteiger partial charge in [-0.1, -0.05) is 0 Å². The van der Waals surface area contributed by atoms with Crippen LogP contribution in [0.2, 0.25) is 0 Å². The van der Waals surface area contributed by atoms with Crippen molar-refractivity contribution in [3.63, 3.8) is 0 Å². The van der Waals surface area contributed by atoms with Crippen molar-refractivity contribution in [2.45, 2.75) is 25.1 Å². The van der Waals surface area contributed by atoms with Crippen LogP contribution in [-0.2, 0) is 11.2 Å². The third-order valence-corrected chi connectivity index (χ3v) is 3.64. The molecule has 1 aromatic heterocycles. The number of nitrogens with zero attached hydrogens (tertiary/aromatic N) is 1. The van der Waals surface area contributed by atoms with Crippen molar-refractivity contribution < 1.29 is 18.0 Å². The van der Waals surface area contributed by atoms with Gasteiger partial charge in [-0.3, -0.25) is 4.79 Å². The van der Waals surface area contributed by atoms with Crippen LogP contribution in [0, 0.1) is 6.57 Å². The molecule has 2 rings (SSSR count). The lowest BCUT2D eigenvalue weighted by Crippen LogP contribution is -2.38. The molecule has 0 aliphatic heterocycles. The third kappa shape index (κ3) is 2.26. The van der Waals surface area contributed by atoms with Gasteiger partial charge in [0.25, 0.3) is 0 Å². The zero-order valence-electron chi connectivity index (χ0n) is 8.47. The summed E-state index contributed by atoms with van der Waals surface area (Å²) in [5.41, 5.74) is 0.651. The molecule has 0 spiro atoms. The molecular formula is C10H7F3N2OS. The number of rotatable bonds is 1. The normalized spacial score (nSPS) is 18.6. The quantitative estimate of drug-likeness (QED) is 0.774. The van der Waals surface area contributed by atoms with Gasteiger partial charge in [-0.25, -0.2) is 4.85 Å². The van der Waals surface area contributed by atoms with Crippen LogP contribution in [0.5, 0.6) is 0 Å². The number of thiophene rings is 1. The lowest BCUT2D eigenvalue weighted by atomic mass is 10.2. The average Bonchev–Trinajstić information content (AvgIpc) is 2.78. The fourth-order valence-corrected chi connectivity index (χ4v) is 2.82. The summed E-state index contributed by atoms with van der Waals surface area (Å²) in [6.45, 7) is 6.83. The number of halogens is 3. The molecule has 0 radical (unpaired) electrons. The number of fused-ring (bicyclic) bond motifs is 1. The van der Waals surface area contributed by atoms with Crippen LogP contribution in [0.4, 0.5) is 18.2 Å². The minimum Gasteiger partial charge on any atom is -0.341 e. The summed E-state index contributed by atoms with van der Waals surface area (Å²) in [6, 6.07) is 0.937. The number of nitrogens with one attached hydrogen (secondary N) is 1. The Morgan fingerprint density at radius 2 is 2.29 bits per heavy atom. The van der Waals surface area contributed by atoms with Crippen LogP contribution >= 0.6 is 11.3 Å². The molecule has 0 aromatic carbocycles. The highest BCUT2D eigenvalue weighted by atomic mass is 32.1. The number of aryl methyl sites for hydroxylation is 1. The molecule has 7 heteroatoms. The van der Waals surface area contributed by atoms with Gasteiger partial charge < -0.3 is 5.32 Å². The Bertz CT molecular complexity index is 501. The first kappa shape index (κ1) is 11.9. The maximum absolute atomic E-state index is 12.1. The summed E-state index contributed by atoms with van der Waals surface area (Å²) in [5.74, 6) is -1.93. The fourth-order valence-electron chi connectivity index (χ4n) is 1.79. The van der Waals surface area contributed by atoms with Gasteiger partial charge in [-0.05, 0) is 29.3 Å². The molecule has 0 saturated heterocycles. The van der Waals surface area contributed by atoms with Crippen LogP contribution in [0.1, 0.15) is 22.9 Å². The summed E-state index contributed by atoms with van der Waals surface area (Å²) in [5, 5.41) is 2.40. The molecule has 17 heavy (non-hydrogen) atoms. The number of carbonyl (C=O) groups is 1. The Hall–Kier alpha value is -1.55. The molecule has 1 heterocycles. The van der Waals surface area contributed by atoms with Crippen molar-refractivity contribution in [3.8, 4) is 0 Å². The van der Waals surface area contributed by atoms with Crippen LogP contribution in [0.3, 0.4) is 0 Å². The summed E-state index contributed by atoms with van der Waals surface area (Å²) in [4.78, 5) is 14.9. The predicted molar refractivity (Wildman–Crippen MR) is 55.8 cm³/mol. The maximum Gasteiger partial charge on any atom is 0.471 e. The van der Waals surface area contributed by atoms with Crippen molar-refractivity contribution >= 4 is 22.2 Å². The van der Waals surface area contributed by atoms with E-state index in [2.05, 4.69) is 4.85 Å². The number of carbonyl (C=O) groups excluding carboxylic acids is 1. The van der Waals surface area contributed by atoms with Gasteiger partial charge in [0.15, 0.2) is 0 Å². The van der Waals surface area contributed by atoms with Gasteiger partial charge >= 0.3 is 12.1 Å². The first-order chi connectivity index (χ1) is 7.91. The molecule has 1 aliphatic rings. The van der Waals surface area contributed by atoms with E-state index < -0.39 is 18.1 Å². The van der Waals surface area contributed by atoms with E-state index in [-0.39, 0.29) is 0 Å². The van der Waals surface area contributed by atoms with Gasteiger partial charge in [-0.2, -0.15) is 24.5 Å². The van der Waals surface area contributed by atoms with Gasteiger partial charge in [0.2, 0.25) is 5.00 Å². The highest BCUT2D eigenvalue weighted by molar-refractivity contribution is 7.16. The fraction of sp³-hybridized carbons (Fsp3) is 0.400. The first-order valence-electron chi connectivity index (χ1n) is 4.79. The molecule has 1 unspecified atom stereocenters. The van der Waals surface area contributed by atoms with Crippen molar-refractivity contribution in [3.05, 3.63) is 27.9 Å². The average molecular weight is 260 g/mol. The number of hydrogen-bond donors (Lipinski definition) is 1. The predicted octanol–water partition coefficient (Wildman–Crippen LogP) is 2.96. The Balaban J connectivity index is 2.15. The second kappa shape index (κ2) is 4.04. The Labute approximate surface area is 99.1 Å². The zero-order valence-corrected chi connectivity index (χ0v) is 9.28. The lowest BCUT2D eigenvalue weighted by Gasteiger charge is -2.14. The molecule has 1 N–H and O–H groups in total. The van der Waals surface area contributed by atoms with Gasteiger partial charge in [0.1, 0.15) is 0 Å². The van der Waals surface area contributed by atoms with Gasteiger partial charge in [-0.15, -0.1) is 0 Å². The molecule has 1 amide bonds. The van der Waals surface area contributed by atoms with Crippen LogP contribution in [-0.4, -0.2) is 12.1 Å². The molecule has 1 aromatic rings. The largest absolute Gasteiger partial charge is 0.471 e. The Morgan fingerprint density at radius 1 is 1.59 bits per heavy atom. The lowest BCUT2D eigenvalue weighted by molar-refractivity contribution is -0.174. The summed E-state index contributed by atoms with van der Waals surface area (Å²) in [7, 11) is 0. The molecule has 0 fully saturated rings. The zero-order chi connectivity index (χ0) is 12.6. The number of amides is 1. The van der Waals surface area contributed by atoms with Crippen molar-refractivity contribution in [1.82, 2.24) is 5.32 Å². The summed E-state index contributed by atoms with van der Waals surface area (Å²) in [6.07, 6.45) is -3.79. The van der Waals surface area contributed by atoms with E-state index >= 15 is 0 Å². The minimum absolute atomic E-state index is 0.445. The Kier molecular flexibility index (Phi) is 2.83. The molecular weight excluding hydrogens is 253 g/mol. The monoisotopic (exact) mass is 260 g/mol.